The SMILES string of the molecule is CN=C(NCCOC)NCC1(N2CCOCC2)CCCCC1. The maximum atomic E-state index is 5.54. The minimum atomic E-state index is 0.265. The van der Waals surface area contributed by atoms with Crippen LogP contribution in [0.3, 0.4) is 0 Å². The molecule has 0 bridgehead atoms. The van der Waals surface area contributed by atoms with E-state index in [9.17, 15) is 0 Å². The number of nitrogens with one attached hydrogen (secondary N) is 2. The topological polar surface area (TPSA) is 58.1 Å². The van der Waals surface area contributed by atoms with Crippen molar-refractivity contribution >= 4 is 5.96 Å². The number of aliphatic imine (C=N–C) groups is 1. The molecule has 2 aliphatic rings. The summed E-state index contributed by atoms with van der Waals surface area (Å²) in [7, 11) is 3.54. The fourth-order valence-corrected chi connectivity index (χ4v) is 3.59. The Hall–Kier alpha value is -0.850. The van der Waals surface area contributed by atoms with Crippen LogP contribution in [0.1, 0.15) is 32.1 Å². The first kappa shape index (κ1) is 17.5. The van der Waals surface area contributed by atoms with Gasteiger partial charge in [0, 0.05) is 45.9 Å². The van der Waals surface area contributed by atoms with Crippen LogP contribution < -0.4 is 10.6 Å². The average molecular weight is 312 g/mol. The Bertz CT molecular complexity index is 337. The van der Waals surface area contributed by atoms with Crippen molar-refractivity contribution in [2.45, 2.75) is 37.6 Å². The number of methoxy groups -OCH3 is 1. The summed E-state index contributed by atoms with van der Waals surface area (Å²) in [6.07, 6.45) is 6.57. The molecule has 6 heteroatoms. The first-order valence-corrected chi connectivity index (χ1v) is 8.57. The standard InChI is InChI=1S/C16H32N4O2/c1-17-15(18-8-11-21-2)19-14-16(6-4-3-5-7-16)20-9-12-22-13-10-20/h3-14H2,1-2H3,(H2,17,18,19). The Kier molecular flexibility index (Phi) is 7.42. The van der Waals surface area contributed by atoms with Gasteiger partial charge in [0.15, 0.2) is 5.96 Å². The highest BCUT2D eigenvalue weighted by Crippen LogP contribution is 2.33. The molecule has 0 atom stereocenters. The van der Waals surface area contributed by atoms with Gasteiger partial charge in [-0.05, 0) is 12.8 Å². The van der Waals surface area contributed by atoms with Crippen molar-refractivity contribution in [3.05, 3.63) is 0 Å². The van der Waals surface area contributed by atoms with E-state index in [4.69, 9.17) is 9.47 Å². The molecule has 0 amide bonds. The first-order valence-electron chi connectivity index (χ1n) is 8.57. The van der Waals surface area contributed by atoms with E-state index in [0.29, 0.717) is 6.61 Å². The number of hydrogen-bond donors (Lipinski definition) is 2. The lowest BCUT2D eigenvalue weighted by Gasteiger charge is -2.48. The highest BCUT2D eigenvalue weighted by atomic mass is 16.5. The quantitative estimate of drug-likeness (QED) is 0.432. The summed E-state index contributed by atoms with van der Waals surface area (Å²) in [5.74, 6) is 0.871. The predicted molar refractivity (Wildman–Crippen MR) is 89.4 cm³/mol. The molecule has 22 heavy (non-hydrogen) atoms. The monoisotopic (exact) mass is 312 g/mol. The van der Waals surface area contributed by atoms with Crippen molar-refractivity contribution in [1.29, 1.82) is 0 Å². The van der Waals surface area contributed by atoms with Crippen LogP contribution in [-0.4, -0.2) is 76.6 Å². The van der Waals surface area contributed by atoms with Crippen molar-refractivity contribution in [1.82, 2.24) is 15.5 Å². The van der Waals surface area contributed by atoms with E-state index < -0.39 is 0 Å². The summed E-state index contributed by atoms with van der Waals surface area (Å²) in [4.78, 5) is 6.96. The first-order chi connectivity index (χ1) is 10.8. The van der Waals surface area contributed by atoms with Crippen LogP contribution in [0, 0.1) is 0 Å². The Balaban J connectivity index is 1.91. The number of rotatable bonds is 6. The van der Waals surface area contributed by atoms with Crippen molar-refractivity contribution in [3.8, 4) is 0 Å². The third-order valence-electron chi connectivity index (χ3n) is 4.87. The van der Waals surface area contributed by atoms with E-state index in [0.717, 1.165) is 45.4 Å². The van der Waals surface area contributed by atoms with E-state index in [2.05, 4.69) is 20.5 Å². The molecule has 0 unspecified atom stereocenters. The number of ether oxygens (including phenoxy) is 2. The van der Waals surface area contributed by atoms with Gasteiger partial charge in [-0.25, -0.2) is 0 Å². The summed E-state index contributed by atoms with van der Waals surface area (Å²) < 4.78 is 10.6. The Morgan fingerprint density at radius 3 is 2.55 bits per heavy atom. The Labute approximate surface area is 134 Å². The molecule has 1 aliphatic carbocycles. The summed E-state index contributed by atoms with van der Waals surface area (Å²) in [5, 5.41) is 6.84. The molecule has 1 aliphatic heterocycles. The molecule has 1 saturated carbocycles. The molecule has 1 heterocycles. The minimum absolute atomic E-state index is 0.265. The number of nitrogens with zero attached hydrogens (tertiary/aromatic N) is 2. The molecular formula is C16H32N4O2. The van der Waals surface area contributed by atoms with Crippen molar-refractivity contribution in [3.63, 3.8) is 0 Å². The van der Waals surface area contributed by atoms with Crippen LogP contribution in [0.25, 0.3) is 0 Å². The lowest BCUT2D eigenvalue weighted by atomic mass is 9.80. The van der Waals surface area contributed by atoms with Crippen LogP contribution in [0.15, 0.2) is 4.99 Å². The van der Waals surface area contributed by atoms with Gasteiger partial charge in [0.25, 0.3) is 0 Å². The predicted octanol–water partition coefficient (Wildman–Crippen LogP) is 0.833. The lowest BCUT2D eigenvalue weighted by molar-refractivity contribution is -0.0352. The van der Waals surface area contributed by atoms with Crippen LogP contribution in [0.2, 0.25) is 0 Å². The number of morpholine rings is 1. The Morgan fingerprint density at radius 1 is 1.18 bits per heavy atom. The third kappa shape index (κ3) is 4.83. The van der Waals surface area contributed by atoms with E-state index in [1.54, 1.807) is 7.11 Å². The Morgan fingerprint density at radius 2 is 1.91 bits per heavy atom. The second-order valence-electron chi connectivity index (χ2n) is 6.23. The van der Waals surface area contributed by atoms with E-state index in [1.165, 1.54) is 32.1 Å². The van der Waals surface area contributed by atoms with Crippen LogP contribution in [0.4, 0.5) is 0 Å². The molecule has 128 valence electrons. The van der Waals surface area contributed by atoms with Gasteiger partial charge >= 0.3 is 0 Å². The lowest BCUT2D eigenvalue weighted by Crippen LogP contribution is -2.60. The minimum Gasteiger partial charge on any atom is -0.383 e. The van der Waals surface area contributed by atoms with Gasteiger partial charge in [0.05, 0.1) is 19.8 Å². The third-order valence-corrected chi connectivity index (χ3v) is 4.87. The number of hydrogen-bond acceptors (Lipinski definition) is 4. The van der Waals surface area contributed by atoms with Gasteiger partial charge in [-0.2, -0.15) is 0 Å². The fraction of sp³-hybridized carbons (Fsp3) is 0.938. The number of guanidine groups is 1. The van der Waals surface area contributed by atoms with Crippen LogP contribution in [0.5, 0.6) is 0 Å². The second-order valence-corrected chi connectivity index (χ2v) is 6.23. The van der Waals surface area contributed by atoms with Crippen LogP contribution in [-0.2, 0) is 9.47 Å². The highest BCUT2D eigenvalue weighted by molar-refractivity contribution is 5.79. The summed E-state index contributed by atoms with van der Waals surface area (Å²) in [5.41, 5.74) is 0.265. The zero-order valence-electron chi connectivity index (χ0n) is 14.2. The van der Waals surface area contributed by atoms with Crippen molar-refractivity contribution in [2.24, 2.45) is 4.99 Å². The van der Waals surface area contributed by atoms with Gasteiger partial charge < -0.3 is 20.1 Å². The van der Waals surface area contributed by atoms with E-state index >= 15 is 0 Å². The molecule has 0 aromatic rings. The summed E-state index contributed by atoms with van der Waals surface area (Å²) in [6.45, 7) is 6.26. The molecule has 1 saturated heterocycles. The average Bonchev–Trinajstić information content (AvgIpc) is 2.59. The second kappa shape index (κ2) is 9.33. The zero-order chi connectivity index (χ0) is 15.7. The maximum Gasteiger partial charge on any atom is 0.191 e. The molecule has 0 aromatic carbocycles. The molecule has 2 fully saturated rings. The van der Waals surface area contributed by atoms with Crippen molar-refractivity contribution < 1.29 is 9.47 Å². The maximum absolute atomic E-state index is 5.54. The molecule has 0 aromatic heterocycles. The summed E-state index contributed by atoms with van der Waals surface area (Å²) >= 11 is 0. The molecule has 2 rings (SSSR count). The molecule has 6 nitrogen and oxygen atoms in total. The van der Waals surface area contributed by atoms with E-state index in [1.807, 2.05) is 7.05 Å². The van der Waals surface area contributed by atoms with Crippen molar-refractivity contribution in [2.75, 3.05) is 60.2 Å². The molecule has 0 spiro atoms. The molecule has 0 radical (unpaired) electrons. The normalized spacial score (nSPS) is 23.3. The van der Waals surface area contributed by atoms with Gasteiger partial charge in [-0.15, -0.1) is 0 Å². The van der Waals surface area contributed by atoms with Crippen LogP contribution >= 0.6 is 0 Å². The highest BCUT2D eigenvalue weighted by Gasteiger charge is 2.38. The van der Waals surface area contributed by atoms with Gasteiger partial charge in [-0.1, -0.05) is 19.3 Å². The largest absolute Gasteiger partial charge is 0.383 e. The molecule has 2 N–H and O–H groups in total. The fourth-order valence-electron chi connectivity index (χ4n) is 3.59. The van der Waals surface area contributed by atoms with Gasteiger partial charge in [-0.3, -0.25) is 9.89 Å². The van der Waals surface area contributed by atoms with Gasteiger partial charge in [0.2, 0.25) is 0 Å². The summed E-state index contributed by atoms with van der Waals surface area (Å²) in [6, 6.07) is 0. The zero-order valence-corrected chi connectivity index (χ0v) is 14.2. The molecular weight excluding hydrogens is 280 g/mol. The van der Waals surface area contributed by atoms with Gasteiger partial charge in [0.1, 0.15) is 0 Å². The van der Waals surface area contributed by atoms with E-state index in [-0.39, 0.29) is 5.54 Å². The smallest absolute Gasteiger partial charge is 0.191 e.